The first kappa shape index (κ1) is 25.5. The summed E-state index contributed by atoms with van der Waals surface area (Å²) < 4.78 is 16.3. The summed E-state index contributed by atoms with van der Waals surface area (Å²) in [5, 5.41) is 0. The molecule has 5 rings (SSSR count). The predicted molar refractivity (Wildman–Crippen MR) is 140 cm³/mol. The number of piperazine rings is 1. The van der Waals surface area contributed by atoms with Crippen LogP contribution in [0.5, 0.6) is 0 Å². The number of rotatable bonds is 7. The molecule has 0 radical (unpaired) electrons. The minimum atomic E-state index is -0.372. The van der Waals surface area contributed by atoms with Crippen molar-refractivity contribution in [2.75, 3.05) is 37.6 Å². The molecular weight excluding hydrogens is 483 g/mol. The fourth-order valence-corrected chi connectivity index (χ4v) is 4.59. The topological polar surface area (TPSA) is 75.7 Å². The Kier molecular flexibility index (Phi) is 8.12. The zero-order chi connectivity index (χ0) is 24.2. The molecule has 0 aliphatic carbocycles. The highest BCUT2D eigenvalue weighted by Crippen LogP contribution is 2.20. The van der Waals surface area contributed by atoms with Gasteiger partial charge in [-0.3, -0.25) is 18.7 Å². The summed E-state index contributed by atoms with van der Waals surface area (Å²) in [5.41, 5.74) is 0.821. The van der Waals surface area contributed by atoms with Crippen LogP contribution in [-0.2, 0) is 6.54 Å². The Morgan fingerprint density at radius 2 is 1.53 bits per heavy atom. The van der Waals surface area contributed by atoms with Gasteiger partial charge in [0.2, 0.25) is 5.95 Å². The van der Waals surface area contributed by atoms with Crippen molar-refractivity contribution in [1.29, 1.82) is 0 Å². The van der Waals surface area contributed by atoms with Gasteiger partial charge in [-0.2, -0.15) is 0 Å². The van der Waals surface area contributed by atoms with E-state index in [0.29, 0.717) is 29.6 Å². The lowest BCUT2D eigenvalue weighted by Crippen LogP contribution is -2.47. The van der Waals surface area contributed by atoms with E-state index in [1.807, 2.05) is 6.07 Å². The number of benzene rings is 1. The van der Waals surface area contributed by atoms with Crippen molar-refractivity contribution >= 4 is 23.9 Å². The molecule has 3 aromatic heterocycles. The van der Waals surface area contributed by atoms with E-state index in [4.69, 9.17) is 0 Å². The maximum absolute atomic E-state index is 13.5. The van der Waals surface area contributed by atoms with Crippen molar-refractivity contribution in [1.82, 2.24) is 23.8 Å². The van der Waals surface area contributed by atoms with E-state index in [1.165, 1.54) is 21.1 Å². The number of nitrogens with zero attached hydrogens (tertiary/aromatic N) is 6. The van der Waals surface area contributed by atoms with Crippen molar-refractivity contribution in [3.8, 4) is 11.1 Å². The smallest absolute Gasteiger partial charge is 0.335 e. The van der Waals surface area contributed by atoms with Gasteiger partial charge in [-0.1, -0.05) is 18.2 Å². The molecule has 1 aliphatic heterocycles. The van der Waals surface area contributed by atoms with Crippen LogP contribution < -0.4 is 16.1 Å². The molecule has 4 heterocycles. The maximum atomic E-state index is 13.5. The van der Waals surface area contributed by atoms with Gasteiger partial charge in [-0.15, -0.1) is 12.4 Å². The molecule has 1 saturated heterocycles. The SMILES string of the molecule is Cl.O=c1c(-c2ccc(F)cc2)c2ccccn2c(=O)n1CCCCN1CCN(c2ncccn2)CC1. The normalized spacial score (nSPS) is 14.1. The highest BCUT2D eigenvalue weighted by atomic mass is 35.5. The second kappa shape index (κ2) is 11.5. The highest BCUT2D eigenvalue weighted by Gasteiger charge is 2.19. The van der Waals surface area contributed by atoms with Crippen LogP contribution in [0.15, 0.2) is 76.7 Å². The van der Waals surface area contributed by atoms with Gasteiger partial charge in [-0.25, -0.2) is 19.2 Å². The van der Waals surface area contributed by atoms with Crippen LogP contribution in [0, 0.1) is 5.82 Å². The van der Waals surface area contributed by atoms with E-state index in [-0.39, 0.29) is 29.5 Å². The standard InChI is InChI=1S/C26H27FN6O2.ClH/c27-21-9-7-20(8-10-21)23-22-6-1-2-14-32(22)26(35)33(24(23)34)15-4-3-13-30-16-18-31(19-17-30)25-28-11-5-12-29-25;/h1-2,5-12,14H,3-4,13,15-19H2;1H. The lowest BCUT2D eigenvalue weighted by atomic mass is 10.1. The number of pyridine rings is 1. The van der Waals surface area contributed by atoms with Crippen molar-refractivity contribution in [2.24, 2.45) is 0 Å². The molecule has 0 unspecified atom stereocenters. The number of unbranched alkanes of at least 4 members (excludes halogenated alkanes) is 1. The fraction of sp³-hybridized carbons (Fsp3) is 0.308. The minimum Gasteiger partial charge on any atom is -0.338 e. The van der Waals surface area contributed by atoms with Gasteiger partial charge in [-0.05, 0) is 55.3 Å². The largest absolute Gasteiger partial charge is 0.338 e. The molecule has 36 heavy (non-hydrogen) atoms. The summed E-state index contributed by atoms with van der Waals surface area (Å²) in [6.45, 7) is 4.82. The van der Waals surface area contributed by atoms with Gasteiger partial charge in [0.25, 0.3) is 5.56 Å². The first-order valence-corrected chi connectivity index (χ1v) is 11.9. The van der Waals surface area contributed by atoms with E-state index < -0.39 is 0 Å². The van der Waals surface area contributed by atoms with Crippen molar-refractivity contribution in [3.63, 3.8) is 0 Å². The number of aromatic nitrogens is 4. The molecule has 0 atom stereocenters. The summed E-state index contributed by atoms with van der Waals surface area (Å²) in [5.74, 6) is 0.392. The van der Waals surface area contributed by atoms with Gasteiger partial charge >= 0.3 is 5.69 Å². The summed E-state index contributed by atoms with van der Waals surface area (Å²) in [7, 11) is 0. The number of halogens is 2. The Labute approximate surface area is 214 Å². The fourth-order valence-electron chi connectivity index (χ4n) is 4.59. The lowest BCUT2D eigenvalue weighted by molar-refractivity contribution is 0.250. The molecule has 4 aromatic rings. The number of hydrogen-bond acceptors (Lipinski definition) is 6. The van der Waals surface area contributed by atoms with Crippen LogP contribution in [0.3, 0.4) is 0 Å². The van der Waals surface area contributed by atoms with Crippen molar-refractivity contribution < 1.29 is 4.39 Å². The van der Waals surface area contributed by atoms with Crippen molar-refractivity contribution in [2.45, 2.75) is 19.4 Å². The van der Waals surface area contributed by atoms with Crippen molar-refractivity contribution in [3.05, 3.63) is 93.8 Å². The molecule has 0 amide bonds. The van der Waals surface area contributed by atoms with Gasteiger partial charge < -0.3 is 4.90 Å². The molecule has 10 heteroatoms. The van der Waals surface area contributed by atoms with Gasteiger partial charge in [0.1, 0.15) is 5.82 Å². The van der Waals surface area contributed by atoms with E-state index in [0.717, 1.165) is 45.1 Å². The van der Waals surface area contributed by atoms with Crippen LogP contribution in [0.2, 0.25) is 0 Å². The molecule has 0 spiro atoms. The second-order valence-corrected chi connectivity index (χ2v) is 8.66. The van der Waals surface area contributed by atoms with E-state index in [1.54, 1.807) is 48.9 Å². The lowest BCUT2D eigenvalue weighted by Gasteiger charge is -2.34. The molecule has 0 bridgehead atoms. The zero-order valence-electron chi connectivity index (χ0n) is 19.8. The summed E-state index contributed by atoms with van der Waals surface area (Å²) >= 11 is 0. The molecule has 1 fully saturated rings. The molecule has 1 aliphatic rings. The Hall–Kier alpha value is -3.56. The minimum absolute atomic E-state index is 0. The van der Waals surface area contributed by atoms with Crippen LogP contribution >= 0.6 is 12.4 Å². The summed E-state index contributed by atoms with van der Waals surface area (Å²) in [6.07, 6.45) is 6.76. The monoisotopic (exact) mass is 510 g/mol. The third-order valence-corrected chi connectivity index (χ3v) is 6.46. The molecule has 0 saturated carbocycles. The second-order valence-electron chi connectivity index (χ2n) is 8.66. The highest BCUT2D eigenvalue weighted by molar-refractivity contribution is 5.85. The molecule has 8 nitrogen and oxygen atoms in total. The average molecular weight is 511 g/mol. The Balaban J connectivity index is 0.00000304. The first-order chi connectivity index (χ1) is 17.1. The number of fused-ring (bicyclic) bond motifs is 1. The Morgan fingerprint density at radius 3 is 2.25 bits per heavy atom. The first-order valence-electron chi connectivity index (χ1n) is 11.9. The van der Waals surface area contributed by atoms with Gasteiger partial charge in [0, 0.05) is 51.3 Å². The van der Waals surface area contributed by atoms with E-state index in [9.17, 15) is 14.0 Å². The Bertz CT molecular complexity index is 1420. The molecular formula is C26H28ClFN6O2. The van der Waals surface area contributed by atoms with Crippen LogP contribution in [0.4, 0.5) is 10.3 Å². The van der Waals surface area contributed by atoms with Crippen LogP contribution in [0.25, 0.3) is 16.6 Å². The third kappa shape index (κ3) is 5.32. The maximum Gasteiger partial charge on any atom is 0.335 e. The summed E-state index contributed by atoms with van der Waals surface area (Å²) in [6, 6.07) is 12.9. The number of anilines is 1. The van der Waals surface area contributed by atoms with Gasteiger partial charge in [0.15, 0.2) is 0 Å². The van der Waals surface area contributed by atoms with Crippen LogP contribution in [0.1, 0.15) is 12.8 Å². The number of hydrogen-bond donors (Lipinski definition) is 0. The quantitative estimate of drug-likeness (QED) is 0.356. The molecule has 1 aromatic carbocycles. The summed E-state index contributed by atoms with van der Waals surface area (Å²) in [4.78, 5) is 39.7. The van der Waals surface area contributed by atoms with E-state index >= 15 is 0 Å². The molecule has 188 valence electrons. The molecule has 0 N–H and O–H groups in total. The Morgan fingerprint density at radius 1 is 0.833 bits per heavy atom. The zero-order valence-corrected chi connectivity index (χ0v) is 20.6. The average Bonchev–Trinajstić information content (AvgIpc) is 2.90. The van der Waals surface area contributed by atoms with Crippen LogP contribution in [-0.4, -0.2) is 56.6 Å². The third-order valence-electron chi connectivity index (χ3n) is 6.46. The van der Waals surface area contributed by atoms with Gasteiger partial charge in [0.05, 0.1) is 11.1 Å². The van der Waals surface area contributed by atoms with E-state index in [2.05, 4.69) is 19.8 Å². The predicted octanol–water partition coefficient (Wildman–Crippen LogP) is 3.08.